The maximum absolute atomic E-state index is 7.07. The number of para-hydroxylation sites is 1. The van der Waals surface area contributed by atoms with E-state index in [2.05, 4.69) is 96.3 Å². The normalized spacial score (nSPS) is 15.5. The van der Waals surface area contributed by atoms with Crippen LogP contribution in [-0.4, -0.2) is 18.1 Å². The van der Waals surface area contributed by atoms with E-state index in [1.54, 1.807) is 11.3 Å². The van der Waals surface area contributed by atoms with Gasteiger partial charge in [0.15, 0.2) is 0 Å². The molecule has 1 aliphatic heterocycles. The van der Waals surface area contributed by atoms with Gasteiger partial charge in [0.05, 0.1) is 17.3 Å². The van der Waals surface area contributed by atoms with Gasteiger partial charge in [0.25, 0.3) is 0 Å². The second-order valence-corrected chi connectivity index (χ2v) is 12.5. The molecular formula is C38H24ClN3OS. The summed E-state index contributed by atoms with van der Waals surface area (Å²) < 4.78 is 8.69. The standard InChI is InChI=1S/C38H24ClN3OS/c39-28-19-20-33-35(26-13-4-6-18-32(26)44-33)36(28)29-21-40-37(24-14-7-10-22-9-1-2-11-23(22)24)42-38(41-29)27-15-8-17-31-34(27)25-12-3-5-16-30(25)43-31/h1-20,38H,21H2,(H,40,42). The summed E-state index contributed by atoms with van der Waals surface area (Å²) in [5.41, 5.74) is 5.55. The van der Waals surface area contributed by atoms with E-state index in [0.29, 0.717) is 11.6 Å². The van der Waals surface area contributed by atoms with Gasteiger partial charge in [-0.15, -0.1) is 11.3 Å². The van der Waals surface area contributed by atoms with Crippen LogP contribution in [0.25, 0.3) is 52.9 Å². The maximum Gasteiger partial charge on any atom is 0.146 e. The molecule has 0 radical (unpaired) electrons. The topological polar surface area (TPSA) is 49.9 Å². The van der Waals surface area contributed by atoms with Gasteiger partial charge in [-0.3, -0.25) is 9.98 Å². The largest absolute Gasteiger partial charge is 0.456 e. The summed E-state index contributed by atoms with van der Waals surface area (Å²) in [5, 5.41) is 11.2. The molecule has 0 saturated carbocycles. The van der Waals surface area contributed by atoms with E-state index in [-0.39, 0.29) is 0 Å². The molecule has 0 fully saturated rings. The molecule has 44 heavy (non-hydrogen) atoms. The number of thiophene rings is 1. The molecule has 0 amide bonds. The van der Waals surface area contributed by atoms with Crippen molar-refractivity contribution in [1.29, 1.82) is 0 Å². The molecule has 1 N–H and O–H groups in total. The van der Waals surface area contributed by atoms with Crippen molar-refractivity contribution in [3.63, 3.8) is 0 Å². The zero-order valence-electron chi connectivity index (χ0n) is 23.4. The number of hydrogen-bond acceptors (Lipinski definition) is 5. The van der Waals surface area contributed by atoms with E-state index < -0.39 is 6.17 Å². The summed E-state index contributed by atoms with van der Waals surface area (Å²) in [7, 11) is 0. The lowest BCUT2D eigenvalue weighted by Gasteiger charge is -2.19. The van der Waals surface area contributed by atoms with E-state index in [0.717, 1.165) is 66.3 Å². The van der Waals surface area contributed by atoms with Crippen LogP contribution in [0.15, 0.2) is 136 Å². The first-order chi connectivity index (χ1) is 21.7. The van der Waals surface area contributed by atoms with E-state index in [1.807, 2.05) is 30.3 Å². The second kappa shape index (κ2) is 10.1. The van der Waals surface area contributed by atoms with Crippen LogP contribution in [-0.2, 0) is 0 Å². The van der Waals surface area contributed by atoms with Gasteiger partial charge >= 0.3 is 0 Å². The number of aliphatic imine (C=N–C) groups is 2. The highest BCUT2D eigenvalue weighted by atomic mass is 35.5. The molecule has 8 aromatic rings. The fourth-order valence-corrected chi connectivity index (χ4v) is 7.93. The highest BCUT2D eigenvalue weighted by molar-refractivity contribution is 7.25. The van der Waals surface area contributed by atoms with Crippen LogP contribution >= 0.6 is 22.9 Å². The lowest BCUT2D eigenvalue weighted by molar-refractivity contribution is 0.665. The van der Waals surface area contributed by atoms with E-state index in [1.165, 1.54) is 14.8 Å². The SMILES string of the molecule is Clc1ccc2sc3ccccc3c2c1C1=NC(c2cccc3oc4ccccc4c23)NC(c2cccc3ccccc23)=NC1. The Hall–Kier alpha value is -4.97. The number of fused-ring (bicyclic) bond motifs is 7. The highest BCUT2D eigenvalue weighted by Crippen LogP contribution is 2.40. The van der Waals surface area contributed by atoms with Gasteiger partial charge in [-0.2, -0.15) is 0 Å². The summed E-state index contributed by atoms with van der Waals surface area (Å²) in [6.07, 6.45) is -0.439. The molecule has 1 unspecified atom stereocenters. The van der Waals surface area contributed by atoms with Gasteiger partial charge in [0.2, 0.25) is 0 Å². The van der Waals surface area contributed by atoms with Crippen LogP contribution in [0.4, 0.5) is 0 Å². The Morgan fingerprint density at radius 3 is 2.36 bits per heavy atom. The molecule has 4 nitrogen and oxygen atoms in total. The number of amidine groups is 1. The molecule has 0 saturated heterocycles. The van der Waals surface area contributed by atoms with Crippen molar-refractivity contribution in [1.82, 2.24) is 5.32 Å². The number of halogens is 1. The Balaban J connectivity index is 1.32. The van der Waals surface area contributed by atoms with Gasteiger partial charge in [0.1, 0.15) is 23.2 Å². The molecular weight excluding hydrogens is 582 g/mol. The Kier molecular flexibility index (Phi) is 5.83. The van der Waals surface area contributed by atoms with Gasteiger partial charge in [-0.1, -0.05) is 103 Å². The summed E-state index contributed by atoms with van der Waals surface area (Å²) in [5.74, 6) is 0.800. The highest BCUT2D eigenvalue weighted by Gasteiger charge is 2.26. The van der Waals surface area contributed by atoms with Crippen molar-refractivity contribution >= 4 is 87.4 Å². The summed E-state index contributed by atoms with van der Waals surface area (Å²) in [4.78, 5) is 10.7. The second-order valence-electron chi connectivity index (χ2n) is 11.0. The Bertz CT molecular complexity index is 2480. The van der Waals surface area contributed by atoms with Crippen LogP contribution < -0.4 is 5.32 Å². The number of rotatable bonds is 3. The zero-order chi connectivity index (χ0) is 29.2. The third-order valence-electron chi connectivity index (χ3n) is 8.50. The predicted molar refractivity (Wildman–Crippen MR) is 186 cm³/mol. The average molecular weight is 606 g/mol. The van der Waals surface area contributed by atoms with Crippen molar-refractivity contribution in [3.05, 3.63) is 143 Å². The molecule has 9 rings (SSSR count). The molecule has 3 heterocycles. The third kappa shape index (κ3) is 3.97. The fraction of sp³-hybridized carbons (Fsp3) is 0.0526. The Morgan fingerprint density at radius 2 is 1.43 bits per heavy atom. The van der Waals surface area contributed by atoms with Crippen LogP contribution in [0, 0.1) is 0 Å². The third-order valence-corrected chi connectivity index (χ3v) is 9.95. The van der Waals surface area contributed by atoms with Crippen molar-refractivity contribution < 1.29 is 4.42 Å². The Labute approximate surface area is 261 Å². The number of furan rings is 1. The maximum atomic E-state index is 7.07. The fourth-order valence-electron chi connectivity index (χ4n) is 6.55. The van der Waals surface area contributed by atoms with Crippen LogP contribution in [0.2, 0.25) is 5.02 Å². The lowest BCUT2D eigenvalue weighted by atomic mass is 10.0. The summed E-state index contributed by atoms with van der Waals surface area (Å²) in [6, 6.07) is 41.8. The van der Waals surface area contributed by atoms with Gasteiger partial charge in [-0.25, -0.2) is 0 Å². The molecule has 6 heteroatoms. The smallest absolute Gasteiger partial charge is 0.146 e. The number of nitrogens with zero attached hydrogens (tertiary/aromatic N) is 2. The number of hydrogen-bond donors (Lipinski definition) is 1. The van der Waals surface area contributed by atoms with Gasteiger partial charge in [-0.05, 0) is 41.1 Å². The lowest BCUT2D eigenvalue weighted by Crippen LogP contribution is -2.28. The minimum atomic E-state index is -0.439. The first kappa shape index (κ1) is 25.5. The average Bonchev–Trinajstić information content (AvgIpc) is 3.55. The number of benzene rings is 6. The molecule has 0 spiro atoms. The van der Waals surface area contributed by atoms with Crippen molar-refractivity contribution in [3.8, 4) is 0 Å². The molecule has 2 aromatic heterocycles. The molecule has 1 aliphatic rings. The molecule has 0 aliphatic carbocycles. The van der Waals surface area contributed by atoms with E-state index in [4.69, 9.17) is 26.0 Å². The number of nitrogens with one attached hydrogen (secondary N) is 1. The van der Waals surface area contributed by atoms with Crippen LogP contribution in [0.5, 0.6) is 0 Å². The first-order valence-electron chi connectivity index (χ1n) is 14.6. The van der Waals surface area contributed by atoms with Crippen molar-refractivity contribution in [2.24, 2.45) is 9.98 Å². The van der Waals surface area contributed by atoms with Crippen molar-refractivity contribution in [2.75, 3.05) is 6.54 Å². The molecule has 210 valence electrons. The monoisotopic (exact) mass is 605 g/mol. The molecule has 6 aromatic carbocycles. The van der Waals surface area contributed by atoms with E-state index >= 15 is 0 Å². The molecule has 0 bridgehead atoms. The summed E-state index contributed by atoms with van der Waals surface area (Å²) >= 11 is 8.84. The quantitative estimate of drug-likeness (QED) is 0.218. The van der Waals surface area contributed by atoms with Gasteiger partial charge in [0, 0.05) is 47.6 Å². The Morgan fingerprint density at radius 1 is 0.682 bits per heavy atom. The van der Waals surface area contributed by atoms with Gasteiger partial charge < -0.3 is 9.73 Å². The van der Waals surface area contributed by atoms with Crippen LogP contribution in [0.3, 0.4) is 0 Å². The minimum Gasteiger partial charge on any atom is -0.456 e. The first-order valence-corrected chi connectivity index (χ1v) is 15.8. The predicted octanol–water partition coefficient (Wildman–Crippen LogP) is 10.3. The zero-order valence-corrected chi connectivity index (χ0v) is 25.0. The van der Waals surface area contributed by atoms with Crippen LogP contribution in [0.1, 0.15) is 22.9 Å². The van der Waals surface area contributed by atoms with E-state index in [9.17, 15) is 0 Å². The minimum absolute atomic E-state index is 0.382. The summed E-state index contributed by atoms with van der Waals surface area (Å²) in [6.45, 7) is 0.382. The molecule has 1 atom stereocenters. The van der Waals surface area contributed by atoms with Crippen molar-refractivity contribution in [2.45, 2.75) is 6.17 Å².